The lowest BCUT2D eigenvalue weighted by Crippen LogP contribution is -2.36. The molecule has 10 heteroatoms. The van der Waals surface area contributed by atoms with Crippen molar-refractivity contribution in [3.8, 4) is 22.9 Å². The number of nitrogens with zero attached hydrogens (tertiary/aromatic N) is 5. The molecule has 0 radical (unpaired) electrons. The van der Waals surface area contributed by atoms with E-state index in [1.165, 1.54) is 19.4 Å². The van der Waals surface area contributed by atoms with Crippen LogP contribution in [0.3, 0.4) is 0 Å². The average molecular weight is 460 g/mol. The van der Waals surface area contributed by atoms with Gasteiger partial charge in [0, 0.05) is 43.2 Å². The van der Waals surface area contributed by atoms with Crippen LogP contribution < -0.4 is 9.47 Å². The molecular weight excluding hydrogens is 429 g/mol. The zero-order valence-corrected chi connectivity index (χ0v) is 19.6. The largest absolute Gasteiger partial charge is 0.481 e. The van der Waals surface area contributed by atoms with E-state index in [9.17, 15) is 9.18 Å². The maximum atomic E-state index is 14.6. The summed E-state index contributed by atoms with van der Waals surface area (Å²) in [5.74, 6) is 0.415. The molecule has 0 N–H and O–H groups in total. The molecule has 1 fully saturated rings. The van der Waals surface area contributed by atoms with Crippen molar-refractivity contribution >= 4 is 12.1 Å². The zero-order valence-electron chi connectivity index (χ0n) is 19.6. The van der Waals surface area contributed by atoms with E-state index in [1.54, 1.807) is 30.6 Å². The number of hydrogen-bond donors (Lipinski definition) is 0. The Bertz CT molecular complexity index is 1080. The van der Waals surface area contributed by atoms with Gasteiger partial charge in [-0.25, -0.2) is 14.4 Å². The molecule has 4 rings (SSSR count). The van der Waals surface area contributed by atoms with Crippen molar-refractivity contribution in [2.24, 2.45) is 0 Å². The van der Waals surface area contributed by atoms with Gasteiger partial charge in [0.2, 0.25) is 11.8 Å². The molecule has 0 amide bonds. The van der Waals surface area contributed by atoms with Crippen LogP contribution in [0.15, 0.2) is 24.5 Å². The van der Waals surface area contributed by atoms with E-state index in [2.05, 4.69) is 31.8 Å². The van der Waals surface area contributed by atoms with Gasteiger partial charge in [-0.3, -0.25) is 4.79 Å². The molecule has 178 valence electrons. The second-order valence-electron chi connectivity index (χ2n) is 8.09. The number of carbonyl (C=O) groups excluding carboxylic acids is 1. The Labute approximate surface area is 192 Å². The molecule has 1 saturated heterocycles. The van der Waals surface area contributed by atoms with Crippen LogP contribution >= 0.6 is 0 Å². The van der Waals surface area contributed by atoms with Crippen molar-refractivity contribution < 1.29 is 23.4 Å². The number of aryl methyl sites for hydroxylation is 1. The lowest BCUT2D eigenvalue weighted by Gasteiger charge is -2.29. The van der Waals surface area contributed by atoms with E-state index < -0.39 is 5.82 Å². The molecule has 4 heterocycles. The van der Waals surface area contributed by atoms with Gasteiger partial charge in [-0.15, -0.1) is 0 Å². The number of likely N-dealkylation sites (tertiary alicyclic amines) is 1. The number of hydrogen-bond acceptors (Lipinski definition) is 8. The third-order valence-corrected chi connectivity index (χ3v) is 5.25. The smallest absolute Gasteiger partial charge is 0.293 e. The highest BCUT2D eigenvalue weighted by atomic mass is 19.1. The molecule has 0 atom stereocenters. The van der Waals surface area contributed by atoms with Crippen LogP contribution in [0.1, 0.15) is 32.4 Å². The minimum atomic E-state index is -0.428. The number of fused-ring (bicyclic) bond motifs is 1. The summed E-state index contributed by atoms with van der Waals surface area (Å²) in [7, 11) is 3.57. The summed E-state index contributed by atoms with van der Waals surface area (Å²) in [6, 6.07) is 3.06. The quantitative estimate of drug-likeness (QED) is 0.519. The van der Waals surface area contributed by atoms with Crippen LogP contribution in [0.5, 0.6) is 11.8 Å². The molecule has 3 aromatic heterocycles. The minimum absolute atomic E-state index is 0.0301. The van der Waals surface area contributed by atoms with Gasteiger partial charge in [-0.2, -0.15) is 9.61 Å². The maximum Gasteiger partial charge on any atom is 0.293 e. The molecule has 33 heavy (non-hydrogen) atoms. The molecular formula is C23H30FN5O4. The number of carbonyl (C=O) groups is 1. The second-order valence-corrected chi connectivity index (χ2v) is 8.09. The first-order valence-corrected chi connectivity index (χ1v) is 10.8. The fourth-order valence-electron chi connectivity index (χ4n) is 3.53. The molecule has 0 spiro atoms. The number of pyridine rings is 1. The van der Waals surface area contributed by atoms with Crippen molar-refractivity contribution in [3.63, 3.8) is 0 Å². The van der Waals surface area contributed by atoms with Crippen molar-refractivity contribution in [2.45, 2.75) is 45.8 Å². The van der Waals surface area contributed by atoms with Crippen LogP contribution in [0.4, 0.5) is 4.39 Å². The minimum Gasteiger partial charge on any atom is -0.481 e. The predicted molar refractivity (Wildman–Crippen MR) is 121 cm³/mol. The predicted octanol–water partition coefficient (Wildman–Crippen LogP) is 3.29. The average Bonchev–Trinajstić information content (AvgIpc) is 3.12. The number of rotatable bonds is 6. The summed E-state index contributed by atoms with van der Waals surface area (Å²) >= 11 is 0. The molecule has 0 bridgehead atoms. The van der Waals surface area contributed by atoms with Crippen LogP contribution in [0.25, 0.3) is 16.8 Å². The van der Waals surface area contributed by atoms with E-state index in [0.717, 1.165) is 25.9 Å². The Hall–Kier alpha value is -3.27. The molecule has 0 saturated carbocycles. The number of piperidine rings is 1. The van der Waals surface area contributed by atoms with Crippen LogP contribution in [-0.4, -0.2) is 70.4 Å². The molecule has 0 aromatic carbocycles. The topological polar surface area (TPSA) is 91.1 Å². The summed E-state index contributed by atoms with van der Waals surface area (Å²) in [4.78, 5) is 20.2. The first-order chi connectivity index (χ1) is 15.8. The first kappa shape index (κ1) is 24.4. The molecule has 3 aromatic rings. The molecule has 0 unspecified atom stereocenters. The number of aromatic nitrogens is 4. The van der Waals surface area contributed by atoms with E-state index in [4.69, 9.17) is 9.47 Å². The van der Waals surface area contributed by atoms with Crippen molar-refractivity contribution in [3.05, 3.63) is 36.0 Å². The fraction of sp³-hybridized carbons (Fsp3) is 0.478. The summed E-state index contributed by atoms with van der Waals surface area (Å²) in [5.41, 5.74) is 2.15. The third-order valence-electron chi connectivity index (χ3n) is 5.25. The van der Waals surface area contributed by atoms with E-state index in [0.29, 0.717) is 34.8 Å². The summed E-state index contributed by atoms with van der Waals surface area (Å²) in [6.45, 7) is 7.89. The van der Waals surface area contributed by atoms with E-state index in [1.807, 2.05) is 6.92 Å². The Morgan fingerprint density at radius 2 is 1.97 bits per heavy atom. The maximum absolute atomic E-state index is 14.6. The molecule has 9 nitrogen and oxygen atoms in total. The first-order valence-electron chi connectivity index (χ1n) is 10.8. The highest BCUT2D eigenvalue weighted by Gasteiger charge is 2.22. The molecule has 0 aliphatic carbocycles. The van der Waals surface area contributed by atoms with Gasteiger partial charge < -0.3 is 19.1 Å². The van der Waals surface area contributed by atoms with Gasteiger partial charge in [0.15, 0.2) is 5.65 Å². The Morgan fingerprint density at radius 3 is 2.55 bits per heavy atom. The van der Waals surface area contributed by atoms with Gasteiger partial charge in [-0.1, -0.05) is 0 Å². The van der Waals surface area contributed by atoms with Gasteiger partial charge >= 0.3 is 0 Å². The van der Waals surface area contributed by atoms with Crippen LogP contribution in [0.2, 0.25) is 0 Å². The Morgan fingerprint density at radius 1 is 1.24 bits per heavy atom. The SMILES string of the molecule is CC(C)OC=O.COc1cc(F)c(-c2c(C)nn3c(OC4CCN(C)CC4)ccnc23)cn1. The van der Waals surface area contributed by atoms with Crippen molar-refractivity contribution in [1.29, 1.82) is 0 Å². The monoisotopic (exact) mass is 459 g/mol. The lowest BCUT2D eigenvalue weighted by atomic mass is 10.1. The van der Waals surface area contributed by atoms with Gasteiger partial charge in [0.1, 0.15) is 11.9 Å². The Balaban J connectivity index is 0.000000454. The number of ether oxygens (including phenoxy) is 3. The van der Waals surface area contributed by atoms with Gasteiger partial charge in [0.05, 0.1) is 24.5 Å². The summed E-state index contributed by atoms with van der Waals surface area (Å²) in [5, 5.41) is 4.55. The zero-order chi connectivity index (χ0) is 24.0. The summed E-state index contributed by atoms with van der Waals surface area (Å²) in [6.07, 6.45) is 5.21. The van der Waals surface area contributed by atoms with Crippen LogP contribution in [0, 0.1) is 12.7 Å². The Kier molecular flexibility index (Phi) is 8.16. The number of halogens is 1. The third kappa shape index (κ3) is 5.95. The standard InChI is InChI=1S/C19H22FN5O2.C4H8O2/c1-12-18(14-11-22-16(26-3)10-15(14)20)19-21-7-4-17(25(19)23-12)27-13-5-8-24(2)9-6-13;1-4(2)6-3-5/h4,7,10-11,13H,5-6,8-9H2,1-3H3;3-4H,1-2H3. The molecule has 1 aliphatic heterocycles. The molecule has 1 aliphatic rings. The lowest BCUT2D eigenvalue weighted by molar-refractivity contribution is -0.131. The number of methoxy groups -OCH3 is 1. The van der Waals surface area contributed by atoms with Crippen molar-refractivity contribution in [1.82, 2.24) is 24.5 Å². The highest BCUT2D eigenvalue weighted by molar-refractivity contribution is 5.80. The van der Waals surface area contributed by atoms with Gasteiger partial charge in [0.25, 0.3) is 6.47 Å². The normalized spacial score (nSPS) is 14.6. The summed E-state index contributed by atoms with van der Waals surface area (Å²) < 4.78 is 31.8. The van der Waals surface area contributed by atoms with Crippen LogP contribution in [-0.2, 0) is 9.53 Å². The van der Waals surface area contributed by atoms with E-state index in [-0.39, 0.29) is 18.1 Å². The second kappa shape index (κ2) is 11.0. The highest BCUT2D eigenvalue weighted by Crippen LogP contribution is 2.32. The van der Waals surface area contributed by atoms with Crippen molar-refractivity contribution in [2.75, 3.05) is 27.2 Å². The van der Waals surface area contributed by atoms with Gasteiger partial charge in [-0.05, 0) is 40.7 Å². The van der Waals surface area contributed by atoms with E-state index >= 15 is 0 Å². The fourth-order valence-corrected chi connectivity index (χ4v) is 3.53.